The highest BCUT2D eigenvalue weighted by atomic mass is 79.9. The molecule has 1 aromatic carbocycles. The molecular formula is C13H16BrNO. The molecule has 16 heavy (non-hydrogen) atoms. The van der Waals surface area contributed by atoms with E-state index in [0.29, 0.717) is 5.92 Å². The van der Waals surface area contributed by atoms with Crippen molar-refractivity contribution in [2.75, 3.05) is 6.54 Å². The molecule has 3 heteroatoms. The van der Waals surface area contributed by atoms with Crippen LogP contribution in [0.1, 0.15) is 30.1 Å². The molecule has 1 N–H and O–H groups in total. The highest BCUT2D eigenvalue weighted by Gasteiger charge is 2.27. The standard InChI is InChI=1S/C13H16BrNO/c1-9(10-5-6-10)8-15-13(16)11-3-2-4-12(14)7-11/h2-4,7,9-10H,5-6,8H2,1H3,(H,15,16). The third-order valence-corrected chi connectivity index (χ3v) is 3.59. The molecule has 1 amide bonds. The summed E-state index contributed by atoms with van der Waals surface area (Å²) >= 11 is 3.36. The van der Waals surface area contributed by atoms with Crippen LogP contribution in [-0.2, 0) is 0 Å². The van der Waals surface area contributed by atoms with Gasteiger partial charge in [0.25, 0.3) is 5.91 Å². The lowest BCUT2D eigenvalue weighted by Crippen LogP contribution is -2.28. The fraction of sp³-hybridized carbons (Fsp3) is 0.462. The molecule has 0 heterocycles. The van der Waals surface area contributed by atoms with Crippen LogP contribution in [0.15, 0.2) is 28.7 Å². The summed E-state index contributed by atoms with van der Waals surface area (Å²) in [5.41, 5.74) is 0.720. The largest absolute Gasteiger partial charge is 0.352 e. The number of nitrogens with one attached hydrogen (secondary N) is 1. The lowest BCUT2D eigenvalue weighted by atomic mass is 10.1. The third kappa shape index (κ3) is 3.08. The molecule has 1 saturated carbocycles. The average molecular weight is 282 g/mol. The molecule has 86 valence electrons. The van der Waals surface area contributed by atoms with Gasteiger partial charge in [0.2, 0.25) is 0 Å². The van der Waals surface area contributed by atoms with Gasteiger partial charge < -0.3 is 5.32 Å². The number of hydrogen-bond acceptors (Lipinski definition) is 1. The van der Waals surface area contributed by atoms with Gasteiger partial charge in [-0.05, 0) is 42.9 Å². The molecule has 0 radical (unpaired) electrons. The highest BCUT2D eigenvalue weighted by Crippen LogP contribution is 2.36. The highest BCUT2D eigenvalue weighted by molar-refractivity contribution is 9.10. The van der Waals surface area contributed by atoms with Gasteiger partial charge in [0.05, 0.1) is 0 Å². The van der Waals surface area contributed by atoms with Crippen molar-refractivity contribution < 1.29 is 4.79 Å². The second-order valence-corrected chi connectivity index (χ2v) is 5.45. The Bertz CT molecular complexity index is 387. The molecule has 1 aliphatic rings. The van der Waals surface area contributed by atoms with E-state index in [4.69, 9.17) is 0 Å². The van der Waals surface area contributed by atoms with Gasteiger partial charge in [-0.2, -0.15) is 0 Å². The number of benzene rings is 1. The molecule has 0 aromatic heterocycles. The van der Waals surface area contributed by atoms with E-state index in [9.17, 15) is 4.79 Å². The van der Waals surface area contributed by atoms with Crippen LogP contribution >= 0.6 is 15.9 Å². The molecular weight excluding hydrogens is 266 g/mol. The zero-order valence-electron chi connectivity index (χ0n) is 9.37. The predicted octanol–water partition coefficient (Wildman–Crippen LogP) is 3.23. The lowest BCUT2D eigenvalue weighted by Gasteiger charge is -2.11. The summed E-state index contributed by atoms with van der Waals surface area (Å²) in [6.45, 7) is 2.99. The Kier molecular flexibility index (Phi) is 3.64. The molecule has 0 saturated heterocycles. The molecule has 1 aliphatic carbocycles. The quantitative estimate of drug-likeness (QED) is 0.902. The summed E-state index contributed by atoms with van der Waals surface area (Å²) in [7, 11) is 0. The number of rotatable bonds is 4. The van der Waals surface area contributed by atoms with Crippen LogP contribution < -0.4 is 5.32 Å². The van der Waals surface area contributed by atoms with E-state index in [1.807, 2.05) is 24.3 Å². The molecule has 1 atom stereocenters. The van der Waals surface area contributed by atoms with Gasteiger partial charge in [0.15, 0.2) is 0 Å². The summed E-state index contributed by atoms with van der Waals surface area (Å²) in [4.78, 5) is 11.8. The molecule has 1 unspecified atom stereocenters. The Morgan fingerprint density at radius 3 is 2.94 bits per heavy atom. The monoisotopic (exact) mass is 281 g/mol. The Morgan fingerprint density at radius 2 is 2.31 bits per heavy atom. The van der Waals surface area contributed by atoms with E-state index in [2.05, 4.69) is 28.2 Å². The second-order valence-electron chi connectivity index (χ2n) is 4.54. The van der Waals surface area contributed by atoms with Crippen molar-refractivity contribution in [3.05, 3.63) is 34.3 Å². The zero-order valence-corrected chi connectivity index (χ0v) is 11.0. The molecule has 0 spiro atoms. The third-order valence-electron chi connectivity index (χ3n) is 3.10. The first-order valence-corrected chi connectivity index (χ1v) is 6.50. The summed E-state index contributed by atoms with van der Waals surface area (Å²) in [5.74, 6) is 1.47. The summed E-state index contributed by atoms with van der Waals surface area (Å²) in [6.07, 6.45) is 2.65. The smallest absolute Gasteiger partial charge is 0.251 e. The van der Waals surface area contributed by atoms with Gasteiger partial charge in [-0.15, -0.1) is 0 Å². The topological polar surface area (TPSA) is 29.1 Å². The van der Waals surface area contributed by atoms with E-state index in [1.54, 1.807) is 0 Å². The van der Waals surface area contributed by atoms with E-state index in [0.717, 1.165) is 22.5 Å². The summed E-state index contributed by atoms with van der Waals surface area (Å²) in [6, 6.07) is 7.48. The van der Waals surface area contributed by atoms with Crippen LogP contribution in [0.25, 0.3) is 0 Å². The van der Waals surface area contributed by atoms with E-state index < -0.39 is 0 Å². The first kappa shape index (κ1) is 11.6. The van der Waals surface area contributed by atoms with Crippen molar-refractivity contribution in [3.63, 3.8) is 0 Å². The van der Waals surface area contributed by atoms with Crippen molar-refractivity contribution in [1.82, 2.24) is 5.32 Å². The minimum Gasteiger partial charge on any atom is -0.352 e. The molecule has 2 rings (SSSR count). The van der Waals surface area contributed by atoms with Crippen LogP contribution in [-0.4, -0.2) is 12.5 Å². The normalized spacial score (nSPS) is 16.9. The number of amides is 1. The van der Waals surface area contributed by atoms with Crippen LogP contribution in [0.3, 0.4) is 0 Å². The molecule has 0 aliphatic heterocycles. The van der Waals surface area contributed by atoms with Crippen molar-refractivity contribution in [1.29, 1.82) is 0 Å². The maximum atomic E-state index is 11.8. The number of carbonyl (C=O) groups is 1. The fourth-order valence-electron chi connectivity index (χ4n) is 1.82. The molecule has 1 aromatic rings. The van der Waals surface area contributed by atoms with Crippen LogP contribution in [0.4, 0.5) is 0 Å². The summed E-state index contributed by atoms with van der Waals surface area (Å²) < 4.78 is 0.940. The number of carbonyl (C=O) groups excluding carboxylic acids is 1. The van der Waals surface area contributed by atoms with Crippen LogP contribution in [0.2, 0.25) is 0 Å². The van der Waals surface area contributed by atoms with Crippen LogP contribution in [0, 0.1) is 11.8 Å². The van der Waals surface area contributed by atoms with Crippen molar-refractivity contribution in [2.45, 2.75) is 19.8 Å². The van der Waals surface area contributed by atoms with E-state index >= 15 is 0 Å². The van der Waals surface area contributed by atoms with Crippen molar-refractivity contribution >= 4 is 21.8 Å². The van der Waals surface area contributed by atoms with Crippen molar-refractivity contribution in [3.8, 4) is 0 Å². The second kappa shape index (κ2) is 5.00. The first-order valence-electron chi connectivity index (χ1n) is 5.70. The lowest BCUT2D eigenvalue weighted by molar-refractivity contribution is 0.0946. The van der Waals surface area contributed by atoms with Crippen molar-refractivity contribution in [2.24, 2.45) is 11.8 Å². The minimum absolute atomic E-state index is 0.0220. The fourth-order valence-corrected chi connectivity index (χ4v) is 2.22. The molecule has 2 nitrogen and oxygen atoms in total. The Morgan fingerprint density at radius 1 is 1.56 bits per heavy atom. The van der Waals surface area contributed by atoms with Crippen LogP contribution in [0.5, 0.6) is 0 Å². The van der Waals surface area contributed by atoms with Gasteiger partial charge in [0.1, 0.15) is 0 Å². The van der Waals surface area contributed by atoms with E-state index in [1.165, 1.54) is 12.8 Å². The first-order chi connectivity index (χ1) is 7.66. The molecule has 0 bridgehead atoms. The zero-order chi connectivity index (χ0) is 11.5. The van der Waals surface area contributed by atoms with Gasteiger partial charge in [-0.1, -0.05) is 28.9 Å². The van der Waals surface area contributed by atoms with Gasteiger partial charge in [-0.3, -0.25) is 4.79 Å². The van der Waals surface area contributed by atoms with E-state index in [-0.39, 0.29) is 5.91 Å². The Hall–Kier alpha value is -0.830. The van der Waals surface area contributed by atoms with Gasteiger partial charge in [0, 0.05) is 16.6 Å². The predicted molar refractivity (Wildman–Crippen MR) is 68.4 cm³/mol. The Balaban J connectivity index is 1.87. The number of hydrogen-bond donors (Lipinski definition) is 1. The van der Waals surface area contributed by atoms with Gasteiger partial charge in [-0.25, -0.2) is 0 Å². The molecule has 1 fully saturated rings. The maximum Gasteiger partial charge on any atom is 0.251 e. The Labute approximate surface area is 105 Å². The maximum absolute atomic E-state index is 11.8. The minimum atomic E-state index is 0.0220. The number of halogens is 1. The van der Waals surface area contributed by atoms with Gasteiger partial charge >= 0.3 is 0 Å². The summed E-state index contributed by atoms with van der Waals surface area (Å²) in [5, 5.41) is 2.99. The average Bonchev–Trinajstić information content (AvgIpc) is 3.09. The SMILES string of the molecule is CC(CNC(=O)c1cccc(Br)c1)C1CC1.